The van der Waals surface area contributed by atoms with Crippen LogP contribution in [0.5, 0.6) is 11.5 Å². The lowest BCUT2D eigenvalue weighted by atomic mass is 10.2. The number of rotatable bonds is 7. The molecule has 1 aliphatic heterocycles. The van der Waals surface area contributed by atoms with Gasteiger partial charge in [0.2, 0.25) is 0 Å². The molecular weight excluding hydrogens is 346 g/mol. The lowest BCUT2D eigenvalue weighted by Crippen LogP contribution is -2.39. The van der Waals surface area contributed by atoms with E-state index in [4.69, 9.17) is 14.2 Å². The van der Waals surface area contributed by atoms with E-state index in [-0.39, 0.29) is 12.5 Å². The third kappa shape index (κ3) is 4.58. The molecule has 0 aromatic heterocycles. The van der Waals surface area contributed by atoms with Crippen molar-refractivity contribution in [2.24, 2.45) is 0 Å². The molecule has 142 valence electrons. The summed E-state index contributed by atoms with van der Waals surface area (Å²) in [6.07, 6.45) is -0.0590. The zero-order chi connectivity index (χ0) is 19.2. The van der Waals surface area contributed by atoms with Gasteiger partial charge in [0, 0.05) is 12.2 Å². The average molecular weight is 369 g/mol. The molecule has 1 amide bonds. The summed E-state index contributed by atoms with van der Waals surface area (Å²) in [6, 6.07) is 14.7. The van der Waals surface area contributed by atoms with E-state index in [9.17, 15) is 9.59 Å². The summed E-state index contributed by atoms with van der Waals surface area (Å²) < 4.78 is 16.0. The number of benzene rings is 2. The van der Waals surface area contributed by atoms with E-state index in [2.05, 4.69) is 0 Å². The van der Waals surface area contributed by atoms with Gasteiger partial charge in [-0.05, 0) is 56.2 Å². The highest BCUT2D eigenvalue weighted by molar-refractivity contribution is 5.99. The lowest BCUT2D eigenvalue weighted by molar-refractivity contribution is -0.155. The molecule has 27 heavy (non-hydrogen) atoms. The van der Waals surface area contributed by atoms with Crippen LogP contribution in [-0.4, -0.2) is 37.7 Å². The minimum Gasteiger partial charge on any atom is -0.494 e. The van der Waals surface area contributed by atoms with Crippen LogP contribution >= 0.6 is 0 Å². The SMILES string of the molecule is CCOc1ccc(OCC(=O)OC(C)C(=O)N2CCc3ccccc32)cc1. The molecule has 3 rings (SSSR count). The van der Waals surface area contributed by atoms with Crippen LogP contribution in [0, 0.1) is 0 Å². The molecule has 2 aromatic carbocycles. The van der Waals surface area contributed by atoms with Crippen LogP contribution in [-0.2, 0) is 20.7 Å². The van der Waals surface area contributed by atoms with E-state index in [0.29, 0.717) is 18.9 Å². The van der Waals surface area contributed by atoms with E-state index in [1.807, 2.05) is 31.2 Å². The predicted molar refractivity (Wildman–Crippen MR) is 101 cm³/mol. The van der Waals surface area contributed by atoms with Crippen molar-refractivity contribution in [2.45, 2.75) is 26.4 Å². The van der Waals surface area contributed by atoms with Crippen LogP contribution in [0.25, 0.3) is 0 Å². The van der Waals surface area contributed by atoms with E-state index >= 15 is 0 Å². The molecule has 0 aliphatic carbocycles. The summed E-state index contributed by atoms with van der Waals surface area (Å²) in [6.45, 7) is 4.41. The number of amides is 1. The Morgan fingerprint density at radius 3 is 2.41 bits per heavy atom. The Balaban J connectivity index is 1.49. The first kappa shape index (κ1) is 18.8. The molecule has 1 unspecified atom stereocenters. The molecule has 1 aliphatic rings. The zero-order valence-corrected chi connectivity index (χ0v) is 15.5. The molecule has 0 N–H and O–H groups in total. The van der Waals surface area contributed by atoms with E-state index < -0.39 is 12.1 Å². The summed E-state index contributed by atoms with van der Waals surface area (Å²) in [5, 5.41) is 0. The van der Waals surface area contributed by atoms with E-state index in [0.717, 1.165) is 23.4 Å². The highest BCUT2D eigenvalue weighted by atomic mass is 16.6. The molecule has 0 saturated heterocycles. The number of carbonyl (C=O) groups excluding carboxylic acids is 2. The monoisotopic (exact) mass is 369 g/mol. The zero-order valence-electron chi connectivity index (χ0n) is 15.5. The molecule has 6 nitrogen and oxygen atoms in total. The standard InChI is InChI=1S/C21H23NO5/c1-3-25-17-8-10-18(11-9-17)26-14-20(23)27-15(2)21(24)22-13-12-16-6-4-5-7-19(16)22/h4-11,15H,3,12-14H2,1-2H3. The number of ether oxygens (including phenoxy) is 3. The first-order valence-electron chi connectivity index (χ1n) is 9.03. The van der Waals surface area contributed by atoms with Crippen molar-refractivity contribution in [2.75, 3.05) is 24.7 Å². The van der Waals surface area contributed by atoms with E-state index in [1.54, 1.807) is 36.1 Å². The van der Waals surface area contributed by atoms with Crippen molar-refractivity contribution in [3.8, 4) is 11.5 Å². The van der Waals surface area contributed by atoms with Crippen molar-refractivity contribution in [1.82, 2.24) is 0 Å². The number of anilines is 1. The van der Waals surface area contributed by atoms with Crippen molar-refractivity contribution >= 4 is 17.6 Å². The van der Waals surface area contributed by atoms with Crippen LogP contribution < -0.4 is 14.4 Å². The van der Waals surface area contributed by atoms with Crippen molar-refractivity contribution in [3.05, 3.63) is 54.1 Å². The molecular formula is C21H23NO5. The Labute approximate surface area is 158 Å². The lowest BCUT2D eigenvalue weighted by Gasteiger charge is -2.21. The number of carbonyl (C=O) groups is 2. The molecule has 6 heteroatoms. The average Bonchev–Trinajstić information content (AvgIpc) is 3.11. The normalized spacial score (nSPS) is 13.6. The van der Waals surface area contributed by atoms with Crippen molar-refractivity contribution in [1.29, 1.82) is 0 Å². The molecule has 2 aromatic rings. The van der Waals surface area contributed by atoms with Crippen LogP contribution in [0.4, 0.5) is 5.69 Å². The molecule has 0 fully saturated rings. The number of esters is 1. The summed E-state index contributed by atoms with van der Waals surface area (Å²) in [5.74, 6) is 0.451. The van der Waals surface area contributed by atoms with Gasteiger partial charge < -0.3 is 19.1 Å². The summed E-state index contributed by atoms with van der Waals surface area (Å²) >= 11 is 0. The molecule has 0 spiro atoms. The van der Waals surface area contributed by atoms with Gasteiger partial charge in [-0.3, -0.25) is 4.79 Å². The van der Waals surface area contributed by atoms with Crippen molar-refractivity contribution < 1.29 is 23.8 Å². The Kier molecular flexibility index (Phi) is 5.96. The third-order valence-corrected chi connectivity index (χ3v) is 4.30. The summed E-state index contributed by atoms with van der Waals surface area (Å²) in [5.41, 5.74) is 2.01. The summed E-state index contributed by atoms with van der Waals surface area (Å²) in [4.78, 5) is 26.3. The quantitative estimate of drug-likeness (QED) is 0.702. The Morgan fingerprint density at radius 1 is 1.04 bits per heavy atom. The molecule has 1 heterocycles. The first-order chi connectivity index (χ1) is 13.1. The van der Waals surface area contributed by atoms with Gasteiger partial charge in [0.15, 0.2) is 12.7 Å². The maximum atomic E-state index is 12.6. The van der Waals surface area contributed by atoms with Gasteiger partial charge in [-0.2, -0.15) is 0 Å². The maximum absolute atomic E-state index is 12.6. The largest absolute Gasteiger partial charge is 0.494 e. The number of hydrogen-bond acceptors (Lipinski definition) is 5. The fourth-order valence-corrected chi connectivity index (χ4v) is 3.01. The Bertz CT molecular complexity index is 802. The topological polar surface area (TPSA) is 65.1 Å². The summed E-state index contributed by atoms with van der Waals surface area (Å²) in [7, 11) is 0. The van der Waals surface area contributed by atoms with Gasteiger partial charge in [-0.15, -0.1) is 0 Å². The second kappa shape index (κ2) is 8.58. The molecule has 0 radical (unpaired) electrons. The highest BCUT2D eigenvalue weighted by Gasteiger charge is 2.29. The van der Waals surface area contributed by atoms with Crippen LogP contribution in [0.2, 0.25) is 0 Å². The predicted octanol–water partition coefficient (Wildman–Crippen LogP) is 2.99. The van der Waals surface area contributed by atoms with Crippen molar-refractivity contribution in [3.63, 3.8) is 0 Å². The van der Waals surface area contributed by atoms with Gasteiger partial charge >= 0.3 is 5.97 Å². The van der Waals surface area contributed by atoms with Crippen LogP contribution in [0.1, 0.15) is 19.4 Å². The first-order valence-corrected chi connectivity index (χ1v) is 9.03. The van der Waals surface area contributed by atoms with Crippen LogP contribution in [0.3, 0.4) is 0 Å². The van der Waals surface area contributed by atoms with Gasteiger partial charge in [0.1, 0.15) is 11.5 Å². The third-order valence-electron chi connectivity index (χ3n) is 4.30. The number of nitrogens with zero attached hydrogens (tertiary/aromatic N) is 1. The molecule has 0 saturated carbocycles. The maximum Gasteiger partial charge on any atom is 0.344 e. The minimum atomic E-state index is -0.868. The van der Waals surface area contributed by atoms with Gasteiger partial charge in [-0.1, -0.05) is 18.2 Å². The van der Waals surface area contributed by atoms with Gasteiger partial charge in [0.25, 0.3) is 5.91 Å². The number of para-hydroxylation sites is 1. The fraction of sp³-hybridized carbons (Fsp3) is 0.333. The molecule has 1 atom stereocenters. The van der Waals surface area contributed by atoms with E-state index in [1.165, 1.54) is 0 Å². The Morgan fingerprint density at radius 2 is 1.70 bits per heavy atom. The molecule has 0 bridgehead atoms. The highest BCUT2D eigenvalue weighted by Crippen LogP contribution is 2.28. The second-order valence-corrected chi connectivity index (χ2v) is 6.19. The Hall–Kier alpha value is -3.02. The van der Waals surface area contributed by atoms with Gasteiger partial charge in [0.05, 0.1) is 6.61 Å². The van der Waals surface area contributed by atoms with Gasteiger partial charge in [-0.25, -0.2) is 4.79 Å². The number of hydrogen-bond donors (Lipinski definition) is 0. The minimum absolute atomic E-state index is 0.227. The smallest absolute Gasteiger partial charge is 0.344 e. The fourth-order valence-electron chi connectivity index (χ4n) is 3.01. The second-order valence-electron chi connectivity index (χ2n) is 6.19. The number of fused-ring (bicyclic) bond motifs is 1. The van der Waals surface area contributed by atoms with Crippen LogP contribution in [0.15, 0.2) is 48.5 Å².